The van der Waals surface area contributed by atoms with Crippen LogP contribution in [0.25, 0.3) is 0 Å². The van der Waals surface area contributed by atoms with Crippen LogP contribution in [0.1, 0.15) is 25.5 Å². The summed E-state index contributed by atoms with van der Waals surface area (Å²) in [5.41, 5.74) is -0.716. The van der Waals surface area contributed by atoms with Gasteiger partial charge in [0.15, 0.2) is 0 Å². The molecule has 1 unspecified atom stereocenters. The molecular weight excluding hydrogens is 330 g/mol. The minimum absolute atomic E-state index is 0.000422. The van der Waals surface area contributed by atoms with E-state index in [1.807, 2.05) is 0 Å². The third-order valence-corrected chi connectivity index (χ3v) is 3.15. The second-order valence-electron chi connectivity index (χ2n) is 4.39. The zero-order chi connectivity index (χ0) is 16.4. The van der Waals surface area contributed by atoms with Crippen molar-refractivity contribution < 1.29 is 27.1 Å². The maximum atomic E-state index is 13.1. The highest BCUT2D eigenvalue weighted by molar-refractivity contribution is 6.30. The van der Waals surface area contributed by atoms with Crippen LogP contribution in [-0.2, 0) is 4.79 Å². The molecule has 1 aliphatic rings. The van der Waals surface area contributed by atoms with Crippen LogP contribution in [0.15, 0.2) is 22.3 Å². The topological polar surface area (TPSA) is 56.5 Å². The summed E-state index contributed by atoms with van der Waals surface area (Å²) < 4.78 is 55.2. The number of ketones is 1. The van der Waals surface area contributed by atoms with Crippen molar-refractivity contribution in [3.05, 3.63) is 23.0 Å². The summed E-state index contributed by atoms with van der Waals surface area (Å²) in [5.74, 6) is -2.04. The van der Waals surface area contributed by atoms with Gasteiger partial charge in [-0.25, -0.2) is 18.5 Å². The lowest BCUT2D eigenvalue weighted by atomic mass is 9.98. The second-order valence-corrected chi connectivity index (χ2v) is 4.78. The Kier molecular flexibility index (Phi) is 4.84. The molecule has 22 heavy (non-hydrogen) atoms. The average molecular weight is 340 g/mol. The number of rotatable bonds is 4. The second kappa shape index (κ2) is 6.47. The summed E-state index contributed by atoms with van der Waals surface area (Å²) in [6.45, 7) is -1.95. The molecule has 1 atom stereocenters. The summed E-state index contributed by atoms with van der Waals surface area (Å²) >= 11 is 5.74. The van der Waals surface area contributed by atoms with E-state index in [1.54, 1.807) is 0 Å². The third kappa shape index (κ3) is 3.46. The number of carbonyl (C=O) groups excluding carboxylic acids is 1. The standard InChI is InChI=1S/C12H10ClF4N3O2/c1-5(21)6-2-3-8(13)18-11(6)20-7(10(14)15)4-9(19-20)22-12(16)17/h3-4,6,10,12H,2H2,1H3. The van der Waals surface area contributed by atoms with Gasteiger partial charge in [-0.1, -0.05) is 11.6 Å². The monoisotopic (exact) mass is 339 g/mol. The quantitative estimate of drug-likeness (QED) is 0.624. The van der Waals surface area contributed by atoms with Crippen LogP contribution in [0.5, 0.6) is 5.88 Å². The zero-order valence-electron chi connectivity index (χ0n) is 11.1. The van der Waals surface area contributed by atoms with Crippen molar-refractivity contribution in [2.75, 3.05) is 0 Å². The van der Waals surface area contributed by atoms with E-state index < -0.39 is 30.5 Å². The predicted octanol–water partition coefficient (Wildman–Crippen LogP) is 3.36. The molecule has 10 heteroatoms. The highest BCUT2D eigenvalue weighted by Gasteiger charge is 2.30. The van der Waals surface area contributed by atoms with Gasteiger partial charge in [-0.15, -0.1) is 5.10 Å². The van der Waals surface area contributed by atoms with Gasteiger partial charge in [0.1, 0.15) is 22.5 Å². The highest BCUT2D eigenvalue weighted by Crippen LogP contribution is 2.28. The minimum atomic E-state index is -3.21. The fraction of sp³-hybridized carbons (Fsp3) is 0.417. The number of hydrogen-bond donors (Lipinski definition) is 0. The molecule has 5 nitrogen and oxygen atoms in total. The average Bonchev–Trinajstić information content (AvgIpc) is 2.81. The van der Waals surface area contributed by atoms with Crippen LogP contribution in [-0.4, -0.2) is 28.0 Å². The first-order chi connectivity index (χ1) is 10.3. The number of hydrogen-bond acceptors (Lipinski definition) is 4. The van der Waals surface area contributed by atoms with Crippen molar-refractivity contribution in [3.63, 3.8) is 0 Å². The molecule has 2 heterocycles. The molecule has 0 saturated heterocycles. The van der Waals surface area contributed by atoms with Crippen LogP contribution < -0.4 is 4.74 Å². The van der Waals surface area contributed by atoms with Crippen molar-refractivity contribution in [2.45, 2.75) is 26.4 Å². The molecule has 2 rings (SSSR count). The van der Waals surface area contributed by atoms with Crippen LogP contribution in [0.2, 0.25) is 0 Å². The Bertz CT molecular complexity index is 642. The van der Waals surface area contributed by atoms with Gasteiger partial charge < -0.3 is 4.74 Å². The molecule has 0 spiro atoms. The third-order valence-electron chi connectivity index (χ3n) is 2.91. The molecule has 0 fully saturated rings. The van der Waals surface area contributed by atoms with Crippen LogP contribution in [0.4, 0.5) is 17.6 Å². The number of carbonyl (C=O) groups is 1. The van der Waals surface area contributed by atoms with E-state index in [1.165, 1.54) is 13.0 Å². The van der Waals surface area contributed by atoms with E-state index in [-0.39, 0.29) is 23.2 Å². The molecule has 120 valence electrons. The van der Waals surface area contributed by atoms with Gasteiger partial charge in [-0.2, -0.15) is 8.78 Å². The van der Waals surface area contributed by atoms with Crippen LogP contribution in [0, 0.1) is 5.92 Å². The number of alkyl halides is 4. The smallest absolute Gasteiger partial charge is 0.388 e. The summed E-state index contributed by atoms with van der Waals surface area (Å²) in [6, 6.07) is 0.669. The van der Waals surface area contributed by atoms with Crippen LogP contribution >= 0.6 is 11.6 Å². The molecule has 1 aliphatic heterocycles. The zero-order valence-corrected chi connectivity index (χ0v) is 11.9. The van der Waals surface area contributed by atoms with Crippen molar-refractivity contribution in [2.24, 2.45) is 10.9 Å². The van der Waals surface area contributed by atoms with E-state index in [0.717, 1.165) is 0 Å². The molecule has 1 aromatic rings. The van der Waals surface area contributed by atoms with E-state index in [2.05, 4.69) is 14.8 Å². The maximum Gasteiger partial charge on any atom is 0.388 e. The first-order valence-electron chi connectivity index (χ1n) is 6.07. The van der Waals surface area contributed by atoms with Gasteiger partial charge in [0.2, 0.25) is 5.88 Å². The first-order valence-corrected chi connectivity index (χ1v) is 6.45. The number of aliphatic imine (C=N–C) groups is 1. The SMILES string of the molecule is CC(=O)C1CC=C(Cl)N=C1n1nc(OC(F)F)cc1C(F)F. The lowest BCUT2D eigenvalue weighted by molar-refractivity contribution is -0.118. The predicted molar refractivity (Wildman–Crippen MR) is 69.4 cm³/mol. The van der Waals surface area contributed by atoms with Gasteiger partial charge in [0.05, 0.1) is 5.92 Å². The molecule has 0 amide bonds. The Morgan fingerprint density at radius 3 is 2.68 bits per heavy atom. The fourth-order valence-electron chi connectivity index (χ4n) is 1.96. The van der Waals surface area contributed by atoms with Crippen molar-refractivity contribution in [1.82, 2.24) is 9.78 Å². The van der Waals surface area contributed by atoms with Gasteiger partial charge in [0.25, 0.3) is 6.43 Å². The highest BCUT2D eigenvalue weighted by atomic mass is 35.5. The Morgan fingerprint density at radius 2 is 2.14 bits per heavy atom. The van der Waals surface area contributed by atoms with Crippen molar-refractivity contribution in [3.8, 4) is 5.88 Å². The normalized spacial score (nSPS) is 18.5. The number of nitrogens with zero attached hydrogens (tertiary/aromatic N) is 3. The van der Waals surface area contributed by atoms with Gasteiger partial charge in [-0.05, 0) is 19.4 Å². The molecule has 0 aliphatic carbocycles. The number of Topliss-reactive ketones (excluding diaryl/α,β-unsaturated/α-hetero) is 1. The molecule has 0 bridgehead atoms. The van der Waals surface area contributed by atoms with E-state index in [4.69, 9.17) is 11.6 Å². The number of ether oxygens (including phenoxy) is 1. The van der Waals surface area contributed by atoms with Gasteiger partial charge in [-0.3, -0.25) is 4.79 Å². The molecular formula is C12H10ClF4N3O2. The number of aromatic nitrogens is 2. The Morgan fingerprint density at radius 1 is 1.45 bits per heavy atom. The number of halogens is 5. The Balaban J connectivity index is 2.50. The number of allylic oxidation sites excluding steroid dienone is 1. The van der Waals surface area contributed by atoms with Crippen molar-refractivity contribution in [1.29, 1.82) is 0 Å². The summed E-state index contributed by atoms with van der Waals surface area (Å²) in [7, 11) is 0. The summed E-state index contributed by atoms with van der Waals surface area (Å²) in [6.07, 6.45) is -1.41. The van der Waals surface area contributed by atoms with Crippen molar-refractivity contribution >= 4 is 23.2 Å². The minimum Gasteiger partial charge on any atom is -0.415 e. The Labute approximate surface area is 127 Å². The molecule has 0 aromatic carbocycles. The Hall–Kier alpha value is -1.90. The lowest BCUT2D eigenvalue weighted by Crippen LogP contribution is -2.31. The van der Waals surface area contributed by atoms with Gasteiger partial charge >= 0.3 is 6.61 Å². The molecule has 0 radical (unpaired) electrons. The van der Waals surface area contributed by atoms with E-state index in [9.17, 15) is 22.4 Å². The summed E-state index contributed by atoms with van der Waals surface area (Å²) in [5, 5.41) is 3.53. The maximum absolute atomic E-state index is 13.1. The molecule has 0 saturated carbocycles. The molecule has 0 N–H and O–H groups in total. The molecule has 1 aromatic heterocycles. The fourth-order valence-corrected chi connectivity index (χ4v) is 2.13. The first kappa shape index (κ1) is 16.5. The van der Waals surface area contributed by atoms with Crippen LogP contribution in [0.3, 0.4) is 0 Å². The summed E-state index contributed by atoms with van der Waals surface area (Å²) in [4.78, 5) is 15.5. The largest absolute Gasteiger partial charge is 0.415 e. The van der Waals surface area contributed by atoms with Gasteiger partial charge in [0, 0.05) is 6.07 Å². The lowest BCUT2D eigenvalue weighted by Gasteiger charge is -2.20. The van der Waals surface area contributed by atoms with E-state index in [0.29, 0.717) is 10.7 Å². The van der Waals surface area contributed by atoms with E-state index >= 15 is 0 Å².